The highest BCUT2D eigenvalue weighted by atomic mass is 16.5. The molecule has 0 N–H and O–H groups in total. The number of ketones is 1. The van der Waals surface area contributed by atoms with Gasteiger partial charge < -0.3 is 4.74 Å². The van der Waals surface area contributed by atoms with Crippen molar-refractivity contribution >= 4 is 17.8 Å². The van der Waals surface area contributed by atoms with Crippen molar-refractivity contribution < 1.29 is 14.3 Å². The highest BCUT2D eigenvalue weighted by Gasteiger charge is 2.15. The van der Waals surface area contributed by atoms with Crippen LogP contribution in [-0.2, 0) is 9.53 Å². The summed E-state index contributed by atoms with van der Waals surface area (Å²) >= 11 is 0. The minimum absolute atomic E-state index is 0.0231. The maximum absolute atomic E-state index is 12.3. The van der Waals surface area contributed by atoms with Crippen LogP contribution in [0.4, 0.5) is 0 Å². The number of rotatable bonds is 4. The molecule has 0 radical (unpaired) electrons. The van der Waals surface area contributed by atoms with Crippen LogP contribution in [0.1, 0.15) is 22.8 Å². The summed E-state index contributed by atoms with van der Waals surface area (Å²) in [7, 11) is 0. The number of benzene rings is 2. The number of ether oxygens (including phenoxy) is 1. The Morgan fingerprint density at radius 1 is 0.900 bits per heavy atom. The minimum atomic E-state index is -0.517. The summed E-state index contributed by atoms with van der Waals surface area (Å²) in [4.78, 5) is 23.5. The van der Waals surface area contributed by atoms with E-state index in [9.17, 15) is 9.59 Å². The van der Waals surface area contributed by atoms with Crippen molar-refractivity contribution in [2.45, 2.75) is 6.92 Å². The average Bonchev–Trinajstić information content (AvgIpc) is 2.47. The second kappa shape index (κ2) is 6.48. The molecular formula is C17H14O3. The van der Waals surface area contributed by atoms with Crippen molar-refractivity contribution in [3.8, 4) is 0 Å². The van der Waals surface area contributed by atoms with Crippen molar-refractivity contribution in [2.24, 2.45) is 0 Å². The molecular weight excluding hydrogens is 252 g/mol. The average molecular weight is 266 g/mol. The third-order valence-electron chi connectivity index (χ3n) is 2.61. The molecule has 0 fully saturated rings. The second-order valence-electron chi connectivity index (χ2n) is 4.21. The summed E-state index contributed by atoms with van der Waals surface area (Å²) in [6.07, 6.45) is 1.57. The van der Waals surface area contributed by atoms with E-state index >= 15 is 0 Å². The number of hydrogen-bond donors (Lipinski definition) is 0. The molecule has 0 amide bonds. The van der Waals surface area contributed by atoms with E-state index in [0.29, 0.717) is 5.56 Å². The Morgan fingerprint density at radius 3 is 2.00 bits per heavy atom. The predicted molar refractivity (Wildman–Crippen MR) is 77.0 cm³/mol. The molecule has 0 bridgehead atoms. The summed E-state index contributed by atoms with van der Waals surface area (Å²) in [5, 5.41) is 0. The molecule has 0 aromatic heterocycles. The number of esters is 1. The van der Waals surface area contributed by atoms with Gasteiger partial charge in [0.25, 0.3) is 0 Å². The Hall–Kier alpha value is -2.68. The highest BCUT2D eigenvalue weighted by Crippen LogP contribution is 2.14. The lowest BCUT2D eigenvalue weighted by molar-refractivity contribution is -0.136. The molecule has 0 unspecified atom stereocenters. The van der Waals surface area contributed by atoms with E-state index in [1.165, 1.54) is 6.92 Å². The Balaban J connectivity index is 2.36. The van der Waals surface area contributed by atoms with Gasteiger partial charge in [-0.2, -0.15) is 0 Å². The van der Waals surface area contributed by atoms with Gasteiger partial charge in [0, 0.05) is 12.5 Å². The van der Waals surface area contributed by atoms with E-state index in [0.717, 1.165) is 5.56 Å². The summed E-state index contributed by atoms with van der Waals surface area (Å²) in [5.41, 5.74) is 1.28. The monoisotopic (exact) mass is 266 g/mol. The van der Waals surface area contributed by atoms with Gasteiger partial charge in [0.2, 0.25) is 5.78 Å². The van der Waals surface area contributed by atoms with E-state index in [2.05, 4.69) is 0 Å². The van der Waals surface area contributed by atoms with Crippen LogP contribution in [0.25, 0.3) is 6.08 Å². The predicted octanol–water partition coefficient (Wildman–Crippen LogP) is 3.47. The highest BCUT2D eigenvalue weighted by molar-refractivity contribution is 6.10. The van der Waals surface area contributed by atoms with E-state index in [1.807, 2.05) is 36.4 Å². The Bertz CT molecular complexity index is 628. The maximum Gasteiger partial charge on any atom is 0.308 e. The first-order valence-electron chi connectivity index (χ1n) is 6.22. The zero-order valence-electron chi connectivity index (χ0n) is 11.1. The molecule has 2 rings (SSSR count). The van der Waals surface area contributed by atoms with Crippen LogP contribution in [0.2, 0.25) is 0 Å². The largest absolute Gasteiger partial charge is 0.422 e. The molecule has 2 aromatic rings. The first-order valence-corrected chi connectivity index (χ1v) is 6.22. The molecule has 3 nitrogen and oxygen atoms in total. The van der Waals surface area contributed by atoms with Gasteiger partial charge in [-0.3, -0.25) is 9.59 Å². The SMILES string of the molecule is CC(=O)O/C(=C\c1ccccc1)C(=O)c1ccccc1. The molecule has 100 valence electrons. The number of Topliss-reactive ketones (excluding diaryl/α,β-unsaturated/α-hetero) is 1. The zero-order chi connectivity index (χ0) is 14.4. The molecule has 0 aliphatic carbocycles. The van der Waals surface area contributed by atoms with Crippen LogP contribution in [0.5, 0.6) is 0 Å². The third kappa shape index (κ3) is 3.65. The molecule has 3 heteroatoms. The number of carbonyl (C=O) groups excluding carboxylic acids is 2. The molecule has 2 aromatic carbocycles. The maximum atomic E-state index is 12.3. The molecule has 0 saturated carbocycles. The van der Waals surface area contributed by atoms with E-state index in [-0.39, 0.29) is 11.5 Å². The number of allylic oxidation sites excluding steroid dienone is 1. The minimum Gasteiger partial charge on any atom is -0.422 e. The summed E-state index contributed by atoms with van der Waals surface area (Å²) in [6.45, 7) is 1.27. The van der Waals surface area contributed by atoms with Crippen LogP contribution in [0.3, 0.4) is 0 Å². The van der Waals surface area contributed by atoms with Crippen molar-refractivity contribution in [3.05, 3.63) is 77.5 Å². The van der Waals surface area contributed by atoms with Crippen molar-refractivity contribution in [3.63, 3.8) is 0 Å². The lowest BCUT2D eigenvalue weighted by Crippen LogP contribution is -2.10. The van der Waals surface area contributed by atoms with Crippen molar-refractivity contribution in [1.29, 1.82) is 0 Å². The first kappa shape index (κ1) is 13.7. The quantitative estimate of drug-likeness (QED) is 0.368. The van der Waals surface area contributed by atoms with Gasteiger partial charge in [-0.25, -0.2) is 0 Å². The first-order chi connectivity index (χ1) is 9.66. The standard InChI is InChI=1S/C17H14O3/c1-13(18)20-16(12-14-8-4-2-5-9-14)17(19)15-10-6-3-7-11-15/h2-12H,1H3/b16-12-. The molecule has 0 aliphatic rings. The molecule has 0 aliphatic heterocycles. The Labute approximate surface area is 117 Å². The topological polar surface area (TPSA) is 43.4 Å². The van der Waals surface area contributed by atoms with Crippen molar-refractivity contribution in [2.75, 3.05) is 0 Å². The summed E-state index contributed by atoms with van der Waals surface area (Å²) in [5.74, 6) is -0.809. The molecule has 0 heterocycles. The van der Waals surface area contributed by atoms with Gasteiger partial charge in [-0.1, -0.05) is 60.7 Å². The van der Waals surface area contributed by atoms with Crippen LogP contribution in [0, 0.1) is 0 Å². The molecule has 0 saturated heterocycles. The van der Waals surface area contributed by atoms with E-state index in [1.54, 1.807) is 30.3 Å². The Kier molecular flexibility index (Phi) is 4.45. The summed E-state index contributed by atoms with van der Waals surface area (Å²) in [6, 6.07) is 18.0. The van der Waals surface area contributed by atoms with Gasteiger partial charge in [0.15, 0.2) is 5.76 Å². The third-order valence-corrected chi connectivity index (χ3v) is 2.61. The fourth-order valence-electron chi connectivity index (χ4n) is 1.73. The fraction of sp³-hybridized carbons (Fsp3) is 0.0588. The van der Waals surface area contributed by atoms with Crippen LogP contribution < -0.4 is 0 Å². The normalized spacial score (nSPS) is 10.9. The number of hydrogen-bond acceptors (Lipinski definition) is 3. The van der Waals surface area contributed by atoms with E-state index < -0.39 is 5.97 Å². The van der Waals surface area contributed by atoms with Gasteiger partial charge in [-0.05, 0) is 11.6 Å². The molecule has 0 spiro atoms. The van der Waals surface area contributed by atoms with Gasteiger partial charge in [-0.15, -0.1) is 0 Å². The van der Waals surface area contributed by atoms with Crippen LogP contribution >= 0.6 is 0 Å². The molecule has 20 heavy (non-hydrogen) atoms. The number of carbonyl (C=O) groups is 2. The molecule has 0 atom stereocenters. The smallest absolute Gasteiger partial charge is 0.308 e. The van der Waals surface area contributed by atoms with Crippen molar-refractivity contribution in [1.82, 2.24) is 0 Å². The van der Waals surface area contributed by atoms with Crippen LogP contribution in [0.15, 0.2) is 66.4 Å². The zero-order valence-corrected chi connectivity index (χ0v) is 11.1. The fourth-order valence-corrected chi connectivity index (χ4v) is 1.73. The van der Waals surface area contributed by atoms with Gasteiger partial charge >= 0.3 is 5.97 Å². The van der Waals surface area contributed by atoms with E-state index in [4.69, 9.17) is 4.74 Å². The van der Waals surface area contributed by atoms with Gasteiger partial charge in [0.1, 0.15) is 0 Å². The lowest BCUT2D eigenvalue weighted by Gasteiger charge is -2.06. The Morgan fingerprint density at radius 2 is 1.45 bits per heavy atom. The van der Waals surface area contributed by atoms with Crippen LogP contribution in [-0.4, -0.2) is 11.8 Å². The van der Waals surface area contributed by atoms with Gasteiger partial charge in [0.05, 0.1) is 0 Å². The summed E-state index contributed by atoms with van der Waals surface area (Å²) < 4.78 is 5.04. The lowest BCUT2D eigenvalue weighted by atomic mass is 10.1. The second-order valence-corrected chi connectivity index (χ2v) is 4.21.